The van der Waals surface area contributed by atoms with Crippen molar-refractivity contribution < 1.29 is 19.4 Å². The van der Waals surface area contributed by atoms with Crippen molar-refractivity contribution in [3.05, 3.63) is 59.9 Å². The number of hydrogen-bond donors (Lipinski definition) is 2. The van der Waals surface area contributed by atoms with Gasteiger partial charge >= 0.3 is 6.09 Å². The summed E-state index contributed by atoms with van der Waals surface area (Å²) in [6, 6.07) is 11.5. The summed E-state index contributed by atoms with van der Waals surface area (Å²) in [5, 5.41) is 12.2. The molecule has 3 rings (SSSR count). The Kier molecular flexibility index (Phi) is 5.13. The highest BCUT2D eigenvalue weighted by Crippen LogP contribution is 2.18. The van der Waals surface area contributed by atoms with Crippen molar-refractivity contribution >= 4 is 12.0 Å². The number of phenolic OH excluding ortho intramolecular Hbond substituents is 1. The van der Waals surface area contributed by atoms with Crippen molar-refractivity contribution in [1.29, 1.82) is 0 Å². The molecule has 2 N–H and O–H groups in total. The number of hydrogen-bond acceptors (Lipinski definition) is 5. The molecule has 7 nitrogen and oxygen atoms in total. The van der Waals surface area contributed by atoms with Gasteiger partial charge in [0.05, 0.1) is 6.54 Å². The molecule has 7 heteroatoms. The lowest BCUT2D eigenvalue weighted by Crippen LogP contribution is -2.45. The molecule has 0 unspecified atom stereocenters. The van der Waals surface area contributed by atoms with Crippen molar-refractivity contribution in [1.82, 2.24) is 15.2 Å². The molecule has 1 fully saturated rings. The lowest BCUT2D eigenvalue weighted by molar-refractivity contribution is -0.124. The van der Waals surface area contributed by atoms with Gasteiger partial charge in [-0.15, -0.1) is 0 Å². The van der Waals surface area contributed by atoms with E-state index < -0.39 is 12.1 Å². The number of nitrogens with zero attached hydrogens (tertiary/aromatic N) is 2. The van der Waals surface area contributed by atoms with Crippen LogP contribution < -0.4 is 5.32 Å². The third-order valence-electron chi connectivity index (χ3n) is 3.97. The van der Waals surface area contributed by atoms with Crippen LogP contribution in [0.15, 0.2) is 48.7 Å². The van der Waals surface area contributed by atoms with Crippen molar-refractivity contribution in [2.24, 2.45) is 0 Å². The Morgan fingerprint density at radius 1 is 1.28 bits per heavy atom. The largest absolute Gasteiger partial charge is 0.508 e. The Labute approximate surface area is 145 Å². The fraction of sp³-hybridized carbons (Fsp3) is 0.278. The van der Waals surface area contributed by atoms with Crippen LogP contribution in [0.2, 0.25) is 0 Å². The number of nitrogens with one attached hydrogen (secondary N) is 1. The summed E-state index contributed by atoms with van der Waals surface area (Å²) < 4.78 is 5.02. The Bertz CT molecular complexity index is 734. The second-order valence-corrected chi connectivity index (χ2v) is 5.75. The smallest absolute Gasteiger partial charge is 0.410 e. The molecule has 0 bridgehead atoms. The molecule has 1 aliphatic heterocycles. The van der Waals surface area contributed by atoms with E-state index in [2.05, 4.69) is 10.3 Å². The van der Waals surface area contributed by atoms with Crippen LogP contribution in [0.5, 0.6) is 5.75 Å². The molecular weight excluding hydrogens is 322 g/mol. The highest BCUT2D eigenvalue weighted by Gasteiger charge is 2.37. The van der Waals surface area contributed by atoms with E-state index in [0.29, 0.717) is 13.0 Å². The predicted molar refractivity (Wildman–Crippen MR) is 89.7 cm³/mol. The normalized spacial score (nSPS) is 16.6. The molecule has 1 aromatic carbocycles. The first-order valence-corrected chi connectivity index (χ1v) is 8.02. The van der Waals surface area contributed by atoms with Gasteiger partial charge in [-0.25, -0.2) is 4.79 Å². The minimum atomic E-state index is -0.662. The molecule has 2 amide bonds. The minimum absolute atomic E-state index is 0.0341. The quantitative estimate of drug-likeness (QED) is 0.830. The van der Waals surface area contributed by atoms with Gasteiger partial charge in [0, 0.05) is 24.9 Å². The molecule has 130 valence electrons. The molecular formula is C18H19N3O4. The minimum Gasteiger partial charge on any atom is -0.508 e. The summed E-state index contributed by atoms with van der Waals surface area (Å²) in [5.41, 5.74) is 1.70. The van der Waals surface area contributed by atoms with E-state index in [1.807, 2.05) is 18.2 Å². The fourth-order valence-corrected chi connectivity index (χ4v) is 2.62. The van der Waals surface area contributed by atoms with Crippen molar-refractivity contribution in [3.63, 3.8) is 0 Å². The first kappa shape index (κ1) is 16.8. The number of aromatic nitrogens is 1. The third kappa shape index (κ3) is 4.26. The lowest BCUT2D eigenvalue weighted by atomic mass is 10.1. The highest BCUT2D eigenvalue weighted by atomic mass is 16.6. The van der Waals surface area contributed by atoms with Gasteiger partial charge in [-0.1, -0.05) is 18.2 Å². The maximum absolute atomic E-state index is 12.4. The highest BCUT2D eigenvalue weighted by molar-refractivity contribution is 5.87. The van der Waals surface area contributed by atoms with Gasteiger partial charge in [0.25, 0.3) is 0 Å². The Hall–Kier alpha value is -3.09. The fourth-order valence-electron chi connectivity index (χ4n) is 2.62. The predicted octanol–water partition coefficient (Wildman–Crippen LogP) is 1.47. The van der Waals surface area contributed by atoms with Gasteiger partial charge in [-0.2, -0.15) is 0 Å². The number of amides is 2. The molecule has 0 saturated carbocycles. The van der Waals surface area contributed by atoms with Crippen LogP contribution >= 0.6 is 0 Å². The van der Waals surface area contributed by atoms with Crippen LogP contribution in [0.25, 0.3) is 0 Å². The number of aromatic hydroxyl groups is 1. The molecule has 1 saturated heterocycles. The second-order valence-electron chi connectivity index (χ2n) is 5.75. The average Bonchev–Trinajstić information content (AvgIpc) is 2.98. The van der Waals surface area contributed by atoms with Crippen LogP contribution in [0.1, 0.15) is 11.3 Å². The topological polar surface area (TPSA) is 91.8 Å². The second kappa shape index (κ2) is 7.65. The number of ether oxygens (including phenoxy) is 1. The molecule has 0 aliphatic carbocycles. The SMILES string of the molecule is O=C(NCCc1ccccn1)[C@@H]1COC(=O)N1Cc1ccc(O)cc1. The van der Waals surface area contributed by atoms with E-state index in [0.717, 1.165) is 11.3 Å². The Balaban J connectivity index is 1.56. The summed E-state index contributed by atoms with van der Waals surface area (Å²) in [7, 11) is 0. The van der Waals surface area contributed by atoms with Gasteiger partial charge in [0.15, 0.2) is 0 Å². The van der Waals surface area contributed by atoms with E-state index in [1.165, 1.54) is 4.90 Å². The molecule has 1 aliphatic rings. The van der Waals surface area contributed by atoms with Gasteiger partial charge in [0.1, 0.15) is 18.4 Å². The van der Waals surface area contributed by atoms with Gasteiger partial charge in [-0.05, 0) is 29.8 Å². The Morgan fingerprint density at radius 3 is 2.80 bits per heavy atom. The van der Waals surface area contributed by atoms with Gasteiger partial charge in [0.2, 0.25) is 5.91 Å². The van der Waals surface area contributed by atoms with Crippen LogP contribution in [0.3, 0.4) is 0 Å². The van der Waals surface area contributed by atoms with E-state index in [-0.39, 0.29) is 24.8 Å². The van der Waals surface area contributed by atoms with Crippen LogP contribution in [-0.4, -0.2) is 46.2 Å². The summed E-state index contributed by atoms with van der Waals surface area (Å²) in [5.74, 6) is -0.0999. The number of benzene rings is 1. The number of cyclic esters (lactones) is 1. The lowest BCUT2D eigenvalue weighted by Gasteiger charge is -2.20. The number of carbonyl (C=O) groups excluding carboxylic acids is 2. The maximum atomic E-state index is 12.4. The zero-order valence-electron chi connectivity index (χ0n) is 13.6. The van der Waals surface area contributed by atoms with Gasteiger partial charge in [-0.3, -0.25) is 14.7 Å². The van der Waals surface area contributed by atoms with Crippen molar-refractivity contribution in [2.45, 2.75) is 19.0 Å². The summed E-state index contributed by atoms with van der Waals surface area (Å²) in [4.78, 5) is 29.9. The van der Waals surface area contributed by atoms with E-state index >= 15 is 0 Å². The van der Waals surface area contributed by atoms with Gasteiger partial charge < -0.3 is 15.2 Å². The standard InChI is InChI=1S/C18H19N3O4/c22-15-6-4-13(5-7-15)11-21-16(12-25-18(21)24)17(23)20-10-8-14-3-1-2-9-19-14/h1-7,9,16,22H,8,10-12H2,(H,20,23)/t16-/m0/s1. The molecule has 2 heterocycles. The Morgan fingerprint density at radius 2 is 2.08 bits per heavy atom. The zero-order chi connectivity index (χ0) is 17.6. The molecule has 0 spiro atoms. The van der Waals surface area contributed by atoms with Crippen molar-refractivity contribution in [3.8, 4) is 5.75 Å². The molecule has 1 atom stereocenters. The van der Waals surface area contributed by atoms with Crippen LogP contribution in [-0.2, 0) is 22.5 Å². The molecule has 0 radical (unpaired) electrons. The summed E-state index contributed by atoms with van der Waals surface area (Å²) >= 11 is 0. The van der Waals surface area contributed by atoms with Crippen molar-refractivity contribution in [2.75, 3.05) is 13.2 Å². The number of phenols is 1. The molecule has 2 aromatic rings. The number of carbonyl (C=O) groups is 2. The van der Waals surface area contributed by atoms with E-state index in [1.54, 1.807) is 30.5 Å². The first-order valence-electron chi connectivity index (χ1n) is 8.02. The third-order valence-corrected chi connectivity index (χ3v) is 3.97. The zero-order valence-corrected chi connectivity index (χ0v) is 13.6. The summed E-state index contributed by atoms with van der Waals surface area (Å²) in [6.45, 7) is 0.720. The summed E-state index contributed by atoms with van der Waals surface area (Å²) in [6.07, 6.45) is 1.81. The average molecular weight is 341 g/mol. The van der Waals surface area contributed by atoms with Crippen LogP contribution in [0.4, 0.5) is 4.79 Å². The van der Waals surface area contributed by atoms with Crippen LogP contribution in [0, 0.1) is 0 Å². The molecule has 1 aromatic heterocycles. The van der Waals surface area contributed by atoms with E-state index in [9.17, 15) is 14.7 Å². The first-order chi connectivity index (χ1) is 12.1. The molecule has 25 heavy (non-hydrogen) atoms. The number of rotatable bonds is 6. The van der Waals surface area contributed by atoms with E-state index in [4.69, 9.17) is 4.74 Å². The maximum Gasteiger partial charge on any atom is 0.410 e. The number of pyridine rings is 1. The monoisotopic (exact) mass is 341 g/mol.